The van der Waals surface area contributed by atoms with Crippen LogP contribution in [-0.4, -0.2) is 31.7 Å². The second-order valence-electron chi connectivity index (χ2n) is 5.27. The number of allylic oxidation sites excluding steroid dienone is 1. The largest absolute Gasteiger partial charge is 0.486 e. The number of carbonyl (C=O) groups excluding carboxylic acids is 1. The fourth-order valence-electron chi connectivity index (χ4n) is 2.54. The Bertz CT molecular complexity index is 542. The first-order valence-electron chi connectivity index (χ1n) is 7.39. The van der Waals surface area contributed by atoms with Gasteiger partial charge < -0.3 is 20.1 Å². The summed E-state index contributed by atoms with van der Waals surface area (Å²) >= 11 is 0. The maximum Gasteiger partial charge on any atom is 0.238 e. The van der Waals surface area contributed by atoms with E-state index in [0.717, 1.165) is 30.7 Å². The summed E-state index contributed by atoms with van der Waals surface area (Å²) in [4.78, 5) is 12.0. The van der Waals surface area contributed by atoms with Crippen molar-refractivity contribution in [1.82, 2.24) is 5.32 Å². The SMILES string of the molecule is O=C(CNC1CC=CCC1)Nc1ccc2c(c1)OCCO2. The molecule has 0 spiro atoms. The number of fused-ring (bicyclic) bond motifs is 1. The molecular formula is C16H20N2O3. The van der Waals surface area contributed by atoms with Crippen molar-refractivity contribution in [3.8, 4) is 11.5 Å². The third-order valence-electron chi connectivity index (χ3n) is 3.65. The highest BCUT2D eigenvalue weighted by atomic mass is 16.6. The molecule has 3 rings (SSSR count). The van der Waals surface area contributed by atoms with Crippen LogP contribution in [0.2, 0.25) is 0 Å². The summed E-state index contributed by atoms with van der Waals surface area (Å²) in [6.07, 6.45) is 7.53. The Labute approximate surface area is 124 Å². The van der Waals surface area contributed by atoms with Crippen molar-refractivity contribution < 1.29 is 14.3 Å². The highest BCUT2D eigenvalue weighted by molar-refractivity contribution is 5.92. The Morgan fingerprint density at radius 1 is 1.19 bits per heavy atom. The number of anilines is 1. The summed E-state index contributed by atoms with van der Waals surface area (Å²) in [5.74, 6) is 1.37. The maximum atomic E-state index is 12.0. The first kappa shape index (κ1) is 13.9. The van der Waals surface area contributed by atoms with Crippen LogP contribution in [0.25, 0.3) is 0 Å². The first-order valence-corrected chi connectivity index (χ1v) is 7.39. The van der Waals surface area contributed by atoms with Gasteiger partial charge in [-0.05, 0) is 31.4 Å². The van der Waals surface area contributed by atoms with E-state index in [1.807, 2.05) is 12.1 Å². The van der Waals surface area contributed by atoms with Gasteiger partial charge in [-0.1, -0.05) is 12.2 Å². The van der Waals surface area contributed by atoms with Crippen molar-refractivity contribution in [2.24, 2.45) is 0 Å². The van der Waals surface area contributed by atoms with Gasteiger partial charge in [-0.25, -0.2) is 0 Å². The summed E-state index contributed by atoms with van der Waals surface area (Å²) in [6.45, 7) is 1.44. The number of ether oxygens (including phenoxy) is 2. The third-order valence-corrected chi connectivity index (χ3v) is 3.65. The van der Waals surface area contributed by atoms with Gasteiger partial charge >= 0.3 is 0 Å². The van der Waals surface area contributed by atoms with Crippen LogP contribution < -0.4 is 20.1 Å². The van der Waals surface area contributed by atoms with Crippen LogP contribution in [0.15, 0.2) is 30.4 Å². The van der Waals surface area contributed by atoms with E-state index in [9.17, 15) is 4.79 Å². The second kappa shape index (κ2) is 6.63. The van der Waals surface area contributed by atoms with Gasteiger partial charge in [-0.3, -0.25) is 4.79 Å². The van der Waals surface area contributed by atoms with Crippen LogP contribution >= 0.6 is 0 Å². The molecule has 1 aliphatic heterocycles. The van der Waals surface area contributed by atoms with Gasteiger partial charge in [0.1, 0.15) is 13.2 Å². The average Bonchev–Trinajstić information content (AvgIpc) is 2.54. The summed E-state index contributed by atoms with van der Waals surface area (Å²) in [7, 11) is 0. The van der Waals surface area contributed by atoms with Gasteiger partial charge in [-0.15, -0.1) is 0 Å². The minimum Gasteiger partial charge on any atom is -0.486 e. The standard InChI is InChI=1S/C16H20N2O3/c19-16(11-17-12-4-2-1-3-5-12)18-13-6-7-14-15(10-13)21-9-8-20-14/h1-2,6-7,10,12,17H,3-5,8-9,11H2,(H,18,19). The molecule has 1 aromatic rings. The number of hydrogen-bond acceptors (Lipinski definition) is 4. The summed E-state index contributed by atoms with van der Waals surface area (Å²) in [6, 6.07) is 5.86. The lowest BCUT2D eigenvalue weighted by Crippen LogP contribution is -2.36. The lowest BCUT2D eigenvalue weighted by Gasteiger charge is -2.20. The number of hydrogen-bond donors (Lipinski definition) is 2. The highest BCUT2D eigenvalue weighted by Crippen LogP contribution is 2.32. The Morgan fingerprint density at radius 2 is 2.05 bits per heavy atom. The molecule has 5 nitrogen and oxygen atoms in total. The molecular weight excluding hydrogens is 268 g/mol. The van der Waals surface area contributed by atoms with E-state index in [4.69, 9.17) is 9.47 Å². The van der Waals surface area contributed by atoms with Gasteiger partial charge in [0.2, 0.25) is 5.91 Å². The van der Waals surface area contributed by atoms with Crippen molar-refractivity contribution in [2.75, 3.05) is 25.1 Å². The van der Waals surface area contributed by atoms with E-state index >= 15 is 0 Å². The zero-order valence-corrected chi connectivity index (χ0v) is 11.9. The third kappa shape index (κ3) is 3.76. The van der Waals surface area contributed by atoms with Crippen LogP contribution in [-0.2, 0) is 4.79 Å². The molecule has 0 bridgehead atoms. The fourth-order valence-corrected chi connectivity index (χ4v) is 2.54. The van der Waals surface area contributed by atoms with Gasteiger partial charge in [0.25, 0.3) is 0 Å². The average molecular weight is 288 g/mol. The monoisotopic (exact) mass is 288 g/mol. The Morgan fingerprint density at radius 3 is 2.86 bits per heavy atom. The molecule has 1 atom stereocenters. The van der Waals surface area contributed by atoms with Crippen LogP contribution in [0.3, 0.4) is 0 Å². The Kier molecular flexibility index (Phi) is 4.40. The lowest BCUT2D eigenvalue weighted by atomic mass is 10.0. The van der Waals surface area contributed by atoms with Gasteiger partial charge in [0, 0.05) is 17.8 Å². The molecule has 0 saturated heterocycles. The molecule has 1 heterocycles. The minimum absolute atomic E-state index is 0.0405. The van der Waals surface area contributed by atoms with Crippen LogP contribution in [0.1, 0.15) is 19.3 Å². The van der Waals surface area contributed by atoms with Crippen molar-refractivity contribution in [3.05, 3.63) is 30.4 Å². The van der Waals surface area contributed by atoms with Gasteiger partial charge in [0.05, 0.1) is 6.54 Å². The summed E-state index contributed by atoms with van der Waals surface area (Å²) < 4.78 is 11.0. The molecule has 2 aliphatic rings. The van der Waals surface area contributed by atoms with Crippen LogP contribution in [0.4, 0.5) is 5.69 Å². The van der Waals surface area contributed by atoms with E-state index in [2.05, 4.69) is 22.8 Å². The van der Waals surface area contributed by atoms with E-state index in [1.54, 1.807) is 6.07 Å². The molecule has 21 heavy (non-hydrogen) atoms. The van der Waals surface area contributed by atoms with Crippen molar-refractivity contribution >= 4 is 11.6 Å². The zero-order chi connectivity index (χ0) is 14.5. The molecule has 0 fully saturated rings. The number of rotatable bonds is 4. The molecule has 112 valence electrons. The van der Waals surface area contributed by atoms with E-state index in [1.165, 1.54) is 0 Å². The maximum absolute atomic E-state index is 12.0. The second-order valence-corrected chi connectivity index (χ2v) is 5.27. The van der Waals surface area contributed by atoms with E-state index in [-0.39, 0.29) is 5.91 Å². The first-order chi connectivity index (χ1) is 10.3. The Balaban J connectivity index is 1.51. The highest BCUT2D eigenvalue weighted by Gasteiger charge is 2.14. The topological polar surface area (TPSA) is 59.6 Å². The molecule has 0 saturated carbocycles. The van der Waals surface area contributed by atoms with Crippen molar-refractivity contribution in [3.63, 3.8) is 0 Å². The van der Waals surface area contributed by atoms with Crippen LogP contribution in [0, 0.1) is 0 Å². The molecule has 2 N–H and O–H groups in total. The quantitative estimate of drug-likeness (QED) is 0.833. The van der Waals surface area contributed by atoms with Gasteiger partial charge in [-0.2, -0.15) is 0 Å². The summed E-state index contributed by atoms with van der Waals surface area (Å²) in [5, 5.41) is 6.16. The molecule has 1 unspecified atom stereocenters. The number of nitrogens with one attached hydrogen (secondary N) is 2. The normalized spacial score (nSPS) is 20.1. The zero-order valence-electron chi connectivity index (χ0n) is 11.9. The Hall–Kier alpha value is -2.01. The predicted molar refractivity (Wildman–Crippen MR) is 80.8 cm³/mol. The van der Waals surface area contributed by atoms with Crippen molar-refractivity contribution in [2.45, 2.75) is 25.3 Å². The smallest absolute Gasteiger partial charge is 0.238 e. The van der Waals surface area contributed by atoms with E-state index < -0.39 is 0 Å². The van der Waals surface area contributed by atoms with E-state index in [0.29, 0.717) is 31.5 Å². The minimum atomic E-state index is -0.0405. The summed E-state index contributed by atoms with van der Waals surface area (Å²) in [5.41, 5.74) is 0.731. The van der Waals surface area contributed by atoms with Crippen LogP contribution in [0.5, 0.6) is 11.5 Å². The predicted octanol–water partition coefficient (Wildman–Crippen LogP) is 2.09. The molecule has 0 radical (unpaired) electrons. The lowest BCUT2D eigenvalue weighted by molar-refractivity contribution is -0.115. The van der Waals surface area contributed by atoms with Crippen molar-refractivity contribution in [1.29, 1.82) is 0 Å². The molecule has 0 aromatic heterocycles. The number of amides is 1. The molecule has 1 amide bonds. The molecule has 5 heteroatoms. The fraction of sp³-hybridized carbons (Fsp3) is 0.438. The number of benzene rings is 1. The number of carbonyl (C=O) groups is 1. The molecule has 1 aliphatic carbocycles. The molecule has 1 aromatic carbocycles. The van der Waals surface area contributed by atoms with Gasteiger partial charge in [0.15, 0.2) is 11.5 Å².